The molecule has 1 aliphatic heterocycles. The van der Waals surface area contributed by atoms with E-state index in [1.165, 1.54) is 4.68 Å². The van der Waals surface area contributed by atoms with Crippen LogP contribution in [0.2, 0.25) is 0 Å². The van der Waals surface area contributed by atoms with Crippen molar-refractivity contribution in [3.8, 4) is 5.75 Å². The van der Waals surface area contributed by atoms with Crippen molar-refractivity contribution in [3.63, 3.8) is 0 Å². The third kappa shape index (κ3) is 3.69. The fourth-order valence-electron chi connectivity index (χ4n) is 2.87. The minimum absolute atomic E-state index is 0.119. The highest BCUT2D eigenvalue weighted by Gasteiger charge is 2.27. The molecule has 132 valence electrons. The largest absolute Gasteiger partial charge is 0.497 e. The summed E-state index contributed by atoms with van der Waals surface area (Å²) in [5.74, 6) is 1.16. The van der Waals surface area contributed by atoms with E-state index in [1.54, 1.807) is 25.0 Å². The van der Waals surface area contributed by atoms with Crippen molar-refractivity contribution in [2.24, 2.45) is 0 Å². The summed E-state index contributed by atoms with van der Waals surface area (Å²) < 4.78 is 6.73. The number of carbonyl (C=O) groups is 1. The van der Waals surface area contributed by atoms with E-state index in [0.717, 1.165) is 30.8 Å². The molecule has 25 heavy (non-hydrogen) atoms. The van der Waals surface area contributed by atoms with E-state index in [2.05, 4.69) is 20.8 Å². The summed E-state index contributed by atoms with van der Waals surface area (Å²) in [5.41, 5.74) is 1.25. The molecule has 0 saturated carbocycles. The van der Waals surface area contributed by atoms with Gasteiger partial charge in [-0.3, -0.25) is 4.79 Å². The predicted molar refractivity (Wildman–Crippen MR) is 93.8 cm³/mol. The lowest BCUT2D eigenvalue weighted by Gasteiger charge is -2.25. The molecule has 1 unspecified atom stereocenters. The molecule has 1 aliphatic rings. The van der Waals surface area contributed by atoms with Gasteiger partial charge in [0.2, 0.25) is 0 Å². The van der Waals surface area contributed by atoms with Gasteiger partial charge in [0.15, 0.2) is 5.82 Å². The van der Waals surface area contributed by atoms with Crippen LogP contribution in [-0.2, 0) is 4.79 Å². The molecule has 1 aromatic carbocycles. The molecule has 0 radical (unpaired) electrons. The van der Waals surface area contributed by atoms with Gasteiger partial charge < -0.3 is 15.0 Å². The Kier molecular flexibility index (Phi) is 5.08. The van der Waals surface area contributed by atoms with Crippen molar-refractivity contribution < 1.29 is 9.53 Å². The van der Waals surface area contributed by atoms with Crippen LogP contribution < -0.4 is 10.1 Å². The number of hydrogen-bond acceptors (Lipinski definition) is 6. The van der Waals surface area contributed by atoms with E-state index in [1.807, 2.05) is 31.3 Å². The van der Waals surface area contributed by atoms with E-state index in [-0.39, 0.29) is 11.9 Å². The molecule has 1 amide bonds. The fourth-order valence-corrected chi connectivity index (χ4v) is 2.87. The highest BCUT2D eigenvalue weighted by molar-refractivity contribution is 6.18. The van der Waals surface area contributed by atoms with Gasteiger partial charge in [0, 0.05) is 19.6 Å². The van der Waals surface area contributed by atoms with Crippen molar-refractivity contribution in [2.75, 3.05) is 27.2 Å². The predicted octanol–water partition coefficient (Wildman–Crippen LogP) is 0.809. The molecule has 3 rings (SSSR count). The van der Waals surface area contributed by atoms with Crippen molar-refractivity contribution in [3.05, 3.63) is 35.7 Å². The number of ether oxygens (including phenoxy) is 1. The molecule has 1 atom stereocenters. The zero-order valence-electron chi connectivity index (χ0n) is 14.6. The maximum absolute atomic E-state index is 13.1. The number of nitrogens with one attached hydrogen (secondary N) is 1. The van der Waals surface area contributed by atoms with Gasteiger partial charge in [0.1, 0.15) is 11.4 Å². The highest BCUT2D eigenvalue weighted by Crippen LogP contribution is 2.20. The van der Waals surface area contributed by atoms with Crippen LogP contribution in [0.3, 0.4) is 0 Å². The van der Waals surface area contributed by atoms with Crippen molar-refractivity contribution in [1.29, 1.82) is 0 Å². The van der Waals surface area contributed by atoms with Crippen LogP contribution in [0.5, 0.6) is 5.75 Å². The van der Waals surface area contributed by atoms with Gasteiger partial charge >= 0.3 is 0 Å². The van der Waals surface area contributed by atoms with E-state index >= 15 is 0 Å². The molecule has 1 saturated heterocycles. The minimum atomic E-state index is -0.119. The maximum Gasteiger partial charge on any atom is 0.272 e. The number of carbonyl (C=O) groups excluding carboxylic acids is 1. The summed E-state index contributed by atoms with van der Waals surface area (Å²) in [6, 6.07) is 7.68. The first-order valence-corrected chi connectivity index (χ1v) is 8.19. The van der Waals surface area contributed by atoms with Gasteiger partial charge in [-0.1, -0.05) is 12.1 Å². The molecular weight excluding hydrogens is 320 g/mol. The van der Waals surface area contributed by atoms with Crippen molar-refractivity contribution in [1.82, 2.24) is 30.4 Å². The number of rotatable bonds is 5. The van der Waals surface area contributed by atoms with Crippen molar-refractivity contribution >= 4 is 17.7 Å². The summed E-state index contributed by atoms with van der Waals surface area (Å²) in [7, 11) is 3.43. The number of benzene rings is 1. The number of likely N-dealkylation sites (N-methyl/N-ethyl adjacent to an activating group) is 1. The van der Waals surface area contributed by atoms with Crippen LogP contribution in [0.15, 0.2) is 24.3 Å². The molecule has 1 fully saturated rings. The number of tetrazole rings is 1. The second-order valence-corrected chi connectivity index (χ2v) is 6.01. The number of aryl methyl sites for hydroxylation is 1. The van der Waals surface area contributed by atoms with Gasteiger partial charge in [-0.2, -0.15) is 4.68 Å². The quantitative estimate of drug-likeness (QED) is 0.810. The Bertz CT molecular complexity index is 779. The molecule has 2 heterocycles. The first-order chi connectivity index (χ1) is 12.1. The molecule has 2 aromatic rings. The van der Waals surface area contributed by atoms with E-state index in [0.29, 0.717) is 11.5 Å². The van der Waals surface area contributed by atoms with Gasteiger partial charge in [0.25, 0.3) is 5.91 Å². The van der Waals surface area contributed by atoms with Crippen LogP contribution in [-0.4, -0.2) is 64.3 Å². The lowest BCUT2D eigenvalue weighted by molar-refractivity contribution is -0.125. The maximum atomic E-state index is 13.1. The summed E-state index contributed by atoms with van der Waals surface area (Å²) >= 11 is 0. The SMILES string of the molecule is COc1cccc(C=C(C(=O)N(C)C2CCNC2)n2nnnc2C)c1. The van der Waals surface area contributed by atoms with E-state index in [9.17, 15) is 4.79 Å². The van der Waals surface area contributed by atoms with Gasteiger partial charge in [-0.15, -0.1) is 5.10 Å². The first kappa shape index (κ1) is 17.1. The third-order valence-corrected chi connectivity index (χ3v) is 4.37. The smallest absolute Gasteiger partial charge is 0.272 e. The second kappa shape index (κ2) is 7.43. The van der Waals surface area contributed by atoms with Crippen molar-refractivity contribution in [2.45, 2.75) is 19.4 Å². The summed E-state index contributed by atoms with van der Waals surface area (Å²) in [4.78, 5) is 14.9. The Labute approximate surface area is 146 Å². The van der Waals surface area contributed by atoms with Crippen LogP contribution in [0, 0.1) is 6.92 Å². The summed E-state index contributed by atoms with van der Waals surface area (Å²) in [5, 5.41) is 14.8. The Hall–Kier alpha value is -2.74. The van der Waals surface area contributed by atoms with Crippen LogP contribution in [0.4, 0.5) is 0 Å². The first-order valence-electron chi connectivity index (χ1n) is 8.19. The Morgan fingerprint density at radius 3 is 2.96 bits per heavy atom. The van der Waals surface area contributed by atoms with Gasteiger partial charge in [-0.05, 0) is 54.1 Å². The van der Waals surface area contributed by atoms with Crippen LogP contribution >= 0.6 is 0 Å². The second-order valence-electron chi connectivity index (χ2n) is 6.01. The molecule has 8 nitrogen and oxygen atoms in total. The molecular formula is C17H22N6O2. The number of hydrogen-bond donors (Lipinski definition) is 1. The summed E-state index contributed by atoms with van der Waals surface area (Å²) in [6.07, 6.45) is 2.72. The highest BCUT2D eigenvalue weighted by atomic mass is 16.5. The number of nitrogens with zero attached hydrogens (tertiary/aromatic N) is 5. The van der Waals surface area contributed by atoms with Crippen LogP contribution in [0.25, 0.3) is 11.8 Å². The van der Waals surface area contributed by atoms with E-state index < -0.39 is 0 Å². The topological polar surface area (TPSA) is 85.2 Å². The monoisotopic (exact) mass is 342 g/mol. The third-order valence-electron chi connectivity index (χ3n) is 4.37. The summed E-state index contributed by atoms with van der Waals surface area (Å²) in [6.45, 7) is 3.48. The Morgan fingerprint density at radius 2 is 2.32 bits per heavy atom. The molecule has 0 bridgehead atoms. The standard InChI is InChI=1S/C17H22N6O2/c1-12-19-20-21-23(12)16(10-13-5-4-6-15(9-13)25-3)17(24)22(2)14-7-8-18-11-14/h4-6,9-10,14,18H,7-8,11H2,1-3H3. The Balaban J connectivity index is 1.99. The molecule has 1 aromatic heterocycles. The molecule has 0 spiro atoms. The van der Waals surface area contributed by atoms with Gasteiger partial charge in [0.05, 0.1) is 7.11 Å². The molecule has 1 N–H and O–H groups in total. The lowest BCUT2D eigenvalue weighted by atomic mass is 10.1. The minimum Gasteiger partial charge on any atom is -0.497 e. The molecule has 0 aliphatic carbocycles. The average Bonchev–Trinajstić information content (AvgIpc) is 3.30. The lowest BCUT2D eigenvalue weighted by Crippen LogP contribution is -2.39. The number of aromatic nitrogens is 4. The van der Waals surface area contributed by atoms with Crippen LogP contribution in [0.1, 0.15) is 17.8 Å². The normalized spacial score (nSPS) is 17.6. The molecule has 8 heteroatoms. The van der Waals surface area contributed by atoms with E-state index in [4.69, 9.17) is 4.74 Å². The number of amides is 1. The zero-order valence-corrected chi connectivity index (χ0v) is 14.6. The fraction of sp³-hybridized carbons (Fsp3) is 0.412. The Morgan fingerprint density at radius 1 is 1.48 bits per heavy atom. The average molecular weight is 342 g/mol. The van der Waals surface area contributed by atoms with Gasteiger partial charge in [-0.25, -0.2) is 0 Å². The zero-order chi connectivity index (χ0) is 17.8. The number of methoxy groups -OCH3 is 1.